The Hall–Kier alpha value is -1.27. The number of rotatable bonds is 3. The van der Waals surface area contributed by atoms with E-state index in [9.17, 15) is 22.8 Å². The van der Waals surface area contributed by atoms with Gasteiger partial charge in [-0.15, -0.1) is 0 Å². The van der Waals surface area contributed by atoms with Gasteiger partial charge in [0.2, 0.25) is 5.91 Å². The summed E-state index contributed by atoms with van der Waals surface area (Å²) in [6.45, 7) is 0. The zero-order valence-electron chi connectivity index (χ0n) is 8.43. The van der Waals surface area contributed by atoms with E-state index in [0.29, 0.717) is 12.8 Å². The molecule has 0 radical (unpaired) electrons. The van der Waals surface area contributed by atoms with Gasteiger partial charge in [-0.05, 0) is 12.8 Å². The molecule has 0 bridgehead atoms. The summed E-state index contributed by atoms with van der Waals surface area (Å²) in [6.07, 6.45) is -4.68. The molecule has 92 valence electrons. The Kier molecular flexibility index (Phi) is 3.44. The van der Waals surface area contributed by atoms with E-state index in [4.69, 9.17) is 5.11 Å². The first kappa shape index (κ1) is 12.8. The Morgan fingerprint density at radius 1 is 1.25 bits per heavy atom. The first-order valence-electron chi connectivity index (χ1n) is 4.86. The summed E-state index contributed by atoms with van der Waals surface area (Å²) in [4.78, 5) is 22.0. The molecule has 0 aromatic carbocycles. The number of carboxylic acid groups (broad SMARTS) is 1. The predicted octanol–water partition coefficient (Wildman–Crippen LogP) is 1.45. The molecule has 0 aromatic heterocycles. The Bertz CT molecular complexity index is 295. The molecule has 0 aliphatic heterocycles. The van der Waals surface area contributed by atoms with Crippen LogP contribution in [0.15, 0.2) is 0 Å². The van der Waals surface area contributed by atoms with Crippen molar-refractivity contribution in [3.63, 3.8) is 0 Å². The number of carbonyl (C=O) groups is 2. The first-order chi connectivity index (χ1) is 7.25. The Balaban J connectivity index is 2.63. The topological polar surface area (TPSA) is 66.4 Å². The minimum atomic E-state index is -4.61. The van der Waals surface area contributed by atoms with Crippen LogP contribution in [0.5, 0.6) is 0 Å². The van der Waals surface area contributed by atoms with E-state index < -0.39 is 30.0 Å². The van der Waals surface area contributed by atoms with Crippen LogP contribution in [-0.4, -0.2) is 28.7 Å². The van der Waals surface area contributed by atoms with Crippen LogP contribution in [-0.2, 0) is 9.59 Å². The third-order valence-electron chi connectivity index (χ3n) is 2.61. The number of alkyl halides is 3. The van der Waals surface area contributed by atoms with E-state index in [0.717, 1.165) is 0 Å². The van der Waals surface area contributed by atoms with Gasteiger partial charge in [-0.2, -0.15) is 13.2 Å². The quantitative estimate of drug-likeness (QED) is 0.783. The molecule has 1 aliphatic carbocycles. The number of halogens is 3. The molecule has 1 saturated carbocycles. The van der Waals surface area contributed by atoms with Crippen molar-refractivity contribution in [3.05, 3.63) is 0 Å². The second-order valence-corrected chi connectivity index (χ2v) is 3.93. The van der Waals surface area contributed by atoms with Crippen LogP contribution >= 0.6 is 0 Å². The highest BCUT2D eigenvalue weighted by Gasteiger charge is 2.44. The zero-order valence-corrected chi connectivity index (χ0v) is 8.43. The highest BCUT2D eigenvalue weighted by molar-refractivity contribution is 5.87. The lowest BCUT2D eigenvalue weighted by molar-refractivity contribution is -0.159. The average molecular weight is 239 g/mol. The minimum Gasteiger partial charge on any atom is -0.480 e. The van der Waals surface area contributed by atoms with Crippen LogP contribution in [0, 0.1) is 0 Å². The Morgan fingerprint density at radius 2 is 1.75 bits per heavy atom. The van der Waals surface area contributed by atoms with Crippen molar-refractivity contribution in [2.75, 3.05) is 0 Å². The van der Waals surface area contributed by atoms with Crippen molar-refractivity contribution in [2.45, 2.75) is 43.8 Å². The largest absolute Gasteiger partial charge is 0.480 e. The van der Waals surface area contributed by atoms with Crippen LogP contribution in [0.25, 0.3) is 0 Å². The molecule has 16 heavy (non-hydrogen) atoms. The summed E-state index contributed by atoms with van der Waals surface area (Å²) in [5.74, 6) is -2.54. The molecule has 4 nitrogen and oxygen atoms in total. The van der Waals surface area contributed by atoms with Crippen LogP contribution in [0.4, 0.5) is 13.2 Å². The maximum atomic E-state index is 11.9. The summed E-state index contributed by atoms with van der Waals surface area (Å²) in [6, 6.07) is 0. The fraction of sp³-hybridized carbons (Fsp3) is 0.778. The van der Waals surface area contributed by atoms with E-state index in [-0.39, 0.29) is 12.8 Å². The van der Waals surface area contributed by atoms with Crippen LogP contribution in [0.2, 0.25) is 0 Å². The van der Waals surface area contributed by atoms with Gasteiger partial charge in [-0.1, -0.05) is 12.8 Å². The molecule has 1 rings (SSSR count). The monoisotopic (exact) mass is 239 g/mol. The number of aliphatic carboxylic acids is 1. The zero-order chi connectivity index (χ0) is 12.4. The van der Waals surface area contributed by atoms with Gasteiger partial charge in [0.15, 0.2) is 0 Å². The summed E-state index contributed by atoms with van der Waals surface area (Å²) >= 11 is 0. The third-order valence-corrected chi connectivity index (χ3v) is 2.61. The molecule has 0 spiro atoms. The maximum absolute atomic E-state index is 11.9. The van der Waals surface area contributed by atoms with Crippen molar-refractivity contribution in [1.82, 2.24) is 5.32 Å². The molecule has 1 amide bonds. The molecule has 0 heterocycles. The lowest BCUT2D eigenvalue weighted by Gasteiger charge is -2.25. The lowest BCUT2D eigenvalue weighted by atomic mass is 9.97. The number of hydrogen-bond donors (Lipinski definition) is 2. The van der Waals surface area contributed by atoms with Crippen molar-refractivity contribution < 1.29 is 27.9 Å². The molecular weight excluding hydrogens is 227 g/mol. The first-order valence-corrected chi connectivity index (χ1v) is 4.86. The van der Waals surface area contributed by atoms with Crippen molar-refractivity contribution >= 4 is 11.9 Å². The normalized spacial score (nSPS) is 19.4. The van der Waals surface area contributed by atoms with Crippen LogP contribution in [0.1, 0.15) is 32.1 Å². The van der Waals surface area contributed by atoms with Gasteiger partial charge in [0.1, 0.15) is 12.0 Å². The number of nitrogens with one attached hydrogen (secondary N) is 1. The minimum absolute atomic E-state index is 0.186. The smallest absolute Gasteiger partial charge is 0.397 e. The van der Waals surface area contributed by atoms with Gasteiger partial charge in [0.25, 0.3) is 0 Å². The second kappa shape index (κ2) is 4.31. The van der Waals surface area contributed by atoms with Gasteiger partial charge < -0.3 is 10.4 Å². The lowest BCUT2D eigenvalue weighted by Crippen LogP contribution is -2.53. The number of carboxylic acids is 1. The summed E-state index contributed by atoms with van der Waals surface area (Å²) < 4.78 is 35.7. The summed E-state index contributed by atoms with van der Waals surface area (Å²) in [7, 11) is 0. The highest BCUT2D eigenvalue weighted by atomic mass is 19.4. The number of hydrogen-bond acceptors (Lipinski definition) is 2. The molecule has 0 atom stereocenters. The molecular formula is C9H12F3NO3. The van der Waals surface area contributed by atoms with Gasteiger partial charge in [0.05, 0.1) is 0 Å². The van der Waals surface area contributed by atoms with E-state index in [1.165, 1.54) is 0 Å². The third kappa shape index (κ3) is 3.11. The van der Waals surface area contributed by atoms with Crippen molar-refractivity contribution in [3.8, 4) is 0 Å². The van der Waals surface area contributed by atoms with E-state index >= 15 is 0 Å². The van der Waals surface area contributed by atoms with E-state index in [1.54, 1.807) is 0 Å². The van der Waals surface area contributed by atoms with E-state index in [1.807, 2.05) is 5.32 Å². The highest BCUT2D eigenvalue weighted by Crippen LogP contribution is 2.30. The van der Waals surface area contributed by atoms with Gasteiger partial charge >= 0.3 is 12.1 Å². The van der Waals surface area contributed by atoms with Gasteiger partial charge in [-0.3, -0.25) is 4.79 Å². The Labute approximate surface area is 89.8 Å². The SMILES string of the molecule is O=C(CC(F)(F)F)NC1(C(=O)O)CCCC1. The molecule has 1 aliphatic rings. The van der Waals surface area contributed by atoms with Crippen molar-refractivity contribution in [2.24, 2.45) is 0 Å². The van der Waals surface area contributed by atoms with Gasteiger partial charge in [-0.25, -0.2) is 4.79 Å². The number of carbonyl (C=O) groups excluding carboxylic acids is 1. The van der Waals surface area contributed by atoms with E-state index in [2.05, 4.69) is 0 Å². The van der Waals surface area contributed by atoms with Crippen molar-refractivity contribution in [1.29, 1.82) is 0 Å². The summed E-state index contributed by atoms with van der Waals surface area (Å²) in [5, 5.41) is 10.9. The standard InChI is InChI=1S/C9H12F3NO3/c10-9(11,12)5-6(14)13-8(7(15)16)3-1-2-4-8/h1-5H2,(H,13,14)(H,15,16). The average Bonchev–Trinajstić information content (AvgIpc) is 2.49. The van der Waals surface area contributed by atoms with Gasteiger partial charge in [0, 0.05) is 0 Å². The Morgan fingerprint density at radius 3 is 2.12 bits per heavy atom. The fourth-order valence-electron chi connectivity index (χ4n) is 1.86. The fourth-order valence-corrected chi connectivity index (χ4v) is 1.86. The molecule has 1 fully saturated rings. The second-order valence-electron chi connectivity index (χ2n) is 3.93. The number of amides is 1. The maximum Gasteiger partial charge on any atom is 0.397 e. The van der Waals surface area contributed by atoms with Crippen LogP contribution < -0.4 is 5.32 Å². The molecule has 7 heteroatoms. The molecule has 0 saturated heterocycles. The molecule has 0 unspecified atom stereocenters. The van der Waals surface area contributed by atoms with Crippen LogP contribution in [0.3, 0.4) is 0 Å². The molecule has 2 N–H and O–H groups in total. The predicted molar refractivity (Wildman–Crippen MR) is 47.6 cm³/mol. The molecule has 0 aromatic rings. The summed E-state index contributed by atoms with van der Waals surface area (Å²) in [5.41, 5.74) is -1.50.